The van der Waals surface area contributed by atoms with Crippen molar-refractivity contribution in [3.05, 3.63) is 58.9 Å². The highest BCUT2D eigenvalue weighted by Crippen LogP contribution is 2.55. The number of carbonyl (C=O) groups excluding carboxylic acids is 4. The molecule has 0 radical (unpaired) electrons. The zero-order chi connectivity index (χ0) is 68.4. The predicted octanol–water partition coefficient (Wildman–Crippen LogP) is 20.9. The van der Waals surface area contributed by atoms with Gasteiger partial charge in [0, 0.05) is 45.8 Å². The van der Waals surface area contributed by atoms with Crippen LogP contribution in [0.3, 0.4) is 0 Å². The number of unbranched alkanes of at least 4 members (excludes halogenated alkanes) is 24. The first-order valence-corrected chi connectivity index (χ1v) is 37.3. The summed E-state index contributed by atoms with van der Waals surface area (Å²) in [5.41, 5.74) is -3.68. The van der Waals surface area contributed by atoms with E-state index >= 15 is 19.2 Å². The number of methoxy groups -OCH3 is 2. The standard InChI is InChI=1S/C76H122N4O10S2/c1-16-20-24-28-30-32-34-36-38-42-50-87-69(83)75(11,58-73(9,56-71(5,6)60-77)67(81)89-63-46-44-61(52-65(63)85-14)54-79-48-40-26-22-18-3)91-92-76(12,70(84)88-51-43-39-37-35-33-31-29-25-21-17-2)59-74(10,57-72(7,8)78-13)68(82)90-64-47-45-62(53-66(64)86-15)55-80-49-41-27-23-19-4/h44-47,52-55H,16-43,48-51,56-59H2,1-12,14-15H3/b79-54+,80-55+. The molecule has 4 unspecified atom stereocenters. The number of aliphatic imine (C=N–C) groups is 2. The highest BCUT2D eigenvalue weighted by molar-refractivity contribution is 8.78. The maximum atomic E-state index is 15.3. The molecule has 0 heterocycles. The predicted molar refractivity (Wildman–Crippen MR) is 383 cm³/mol. The molecule has 2 aromatic rings. The van der Waals surface area contributed by atoms with Gasteiger partial charge in [0.15, 0.2) is 23.0 Å². The van der Waals surface area contributed by atoms with Crippen molar-refractivity contribution in [1.29, 1.82) is 5.26 Å². The number of nitrogens with zero attached hydrogens (tertiary/aromatic N) is 4. The van der Waals surface area contributed by atoms with Crippen LogP contribution >= 0.6 is 21.6 Å². The quantitative estimate of drug-likeness (QED) is 0.0153. The van der Waals surface area contributed by atoms with Crippen molar-refractivity contribution in [2.75, 3.05) is 40.5 Å². The first-order chi connectivity index (χ1) is 43.9. The van der Waals surface area contributed by atoms with Gasteiger partial charge in [0.05, 0.1) is 49.7 Å². The minimum absolute atomic E-state index is 0.0123. The number of esters is 4. The third kappa shape index (κ3) is 32.4. The lowest BCUT2D eigenvalue weighted by Gasteiger charge is -2.41. The second-order valence-corrected chi connectivity index (χ2v) is 30.9. The summed E-state index contributed by atoms with van der Waals surface area (Å²) in [6.45, 7) is 32.6. The monoisotopic (exact) mass is 1310 g/mol. The number of nitriles is 1. The summed E-state index contributed by atoms with van der Waals surface area (Å²) < 4.78 is 33.5. The fourth-order valence-corrected chi connectivity index (χ4v) is 15.2. The zero-order valence-corrected chi connectivity index (χ0v) is 61.4. The van der Waals surface area contributed by atoms with Crippen LogP contribution in [0.4, 0.5) is 0 Å². The molecule has 0 saturated heterocycles. The SMILES string of the molecule is [C-]#[N+]C(C)(C)CC(C)(CC(C)(SSC(C)(CC(C)(CC(C)(C)C#N)C(=O)Oc1ccc(/C=N/CCCCCC)cc1OC)C(=O)OCCCCCCCCCCCC)C(=O)OCCCCCCCCCCCC)C(=O)Oc1ccc(/C=N/CCCCCC)cc1OC. The third-order valence-electron chi connectivity index (χ3n) is 17.0. The lowest BCUT2D eigenvalue weighted by Crippen LogP contribution is -2.47. The normalized spacial score (nSPS) is 14.5. The molecule has 518 valence electrons. The topological polar surface area (TPSA) is 177 Å². The van der Waals surface area contributed by atoms with E-state index in [0.717, 1.165) is 135 Å². The summed E-state index contributed by atoms with van der Waals surface area (Å²) in [7, 11) is 5.17. The van der Waals surface area contributed by atoms with Crippen LogP contribution in [0.15, 0.2) is 46.4 Å². The van der Waals surface area contributed by atoms with E-state index in [2.05, 4.69) is 48.6 Å². The molecular formula is C76H122N4O10S2. The molecule has 4 atom stereocenters. The van der Waals surface area contributed by atoms with Crippen molar-refractivity contribution in [3.8, 4) is 29.1 Å². The Labute approximate surface area is 566 Å². The Balaban J connectivity index is 2.80. The van der Waals surface area contributed by atoms with E-state index in [0.29, 0.717) is 37.4 Å². The van der Waals surface area contributed by atoms with Crippen molar-refractivity contribution in [1.82, 2.24) is 0 Å². The summed E-state index contributed by atoms with van der Waals surface area (Å²) in [6.07, 6.45) is 33.8. The van der Waals surface area contributed by atoms with Crippen molar-refractivity contribution >= 4 is 57.9 Å². The molecular weight excluding hydrogens is 1190 g/mol. The first kappa shape index (κ1) is 83.0. The third-order valence-corrected chi connectivity index (χ3v) is 20.9. The van der Waals surface area contributed by atoms with Gasteiger partial charge in [-0.15, -0.1) is 0 Å². The summed E-state index contributed by atoms with van der Waals surface area (Å²) in [4.78, 5) is 74.1. The molecule has 2 aromatic carbocycles. The molecule has 0 aliphatic rings. The maximum absolute atomic E-state index is 15.3. The van der Waals surface area contributed by atoms with Gasteiger partial charge in [0.25, 0.3) is 0 Å². The Bertz CT molecular complexity index is 2440. The highest BCUT2D eigenvalue weighted by atomic mass is 33.1. The van der Waals surface area contributed by atoms with E-state index in [4.69, 9.17) is 35.0 Å². The van der Waals surface area contributed by atoms with Gasteiger partial charge in [-0.1, -0.05) is 203 Å². The van der Waals surface area contributed by atoms with Crippen molar-refractivity contribution in [2.24, 2.45) is 26.2 Å². The van der Waals surface area contributed by atoms with E-state index < -0.39 is 55.2 Å². The van der Waals surface area contributed by atoms with Crippen molar-refractivity contribution in [2.45, 2.75) is 304 Å². The van der Waals surface area contributed by atoms with E-state index in [9.17, 15) is 5.26 Å². The van der Waals surface area contributed by atoms with Crippen LogP contribution in [0.1, 0.15) is 300 Å². The Morgan fingerprint density at radius 3 is 1.12 bits per heavy atom. The van der Waals surface area contributed by atoms with Crippen LogP contribution in [-0.4, -0.2) is 91.9 Å². The van der Waals surface area contributed by atoms with Crippen LogP contribution in [0.5, 0.6) is 23.0 Å². The van der Waals surface area contributed by atoms with E-state index in [1.54, 1.807) is 104 Å². The molecule has 0 amide bonds. The number of rotatable bonds is 53. The second-order valence-electron chi connectivity index (χ2n) is 27.8. The minimum Gasteiger partial charge on any atom is -0.493 e. The Kier molecular flexibility index (Phi) is 40.9. The molecule has 0 aliphatic carbocycles. The number of ether oxygens (including phenoxy) is 6. The summed E-state index contributed by atoms with van der Waals surface area (Å²) in [6, 6.07) is 12.8. The van der Waals surface area contributed by atoms with Gasteiger partial charge < -0.3 is 33.3 Å². The van der Waals surface area contributed by atoms with E-state index in [1.807, 2.05) is 0 Å². The average molecular weight is 1320 g/mol. The fraction of sp³-hybridized carbons (Fsp3) is 0.737. The van der Waals surface area contributed by atoms with E-state index in [-0.39, 0.29) is 50.4 Å². The molecule has 2 rings (SSSR count). The molecule has 92 heavy (non-hydrogen) atoms. The van der Waals surface area contributed by atoms with Gasteiger partial charge in [0.2, 0.25) is 5.54 Å². The largest absolute Gasteiger partial charge is 0.493 e. The van der Waals surface area contributed by atoms with Crippen molar-refractivity contribution < 1.29 is 47.6 Å². The van der Waals surface area contributed by atoms with Gasteiger partial charge in [-0.2, -0.15) is 5.26 Å². The van der Waals surface area contributed by atoms with Gasteiger partial charge in [0.1, 0.15) is 9.49 Å². The van der Waals surface area contributed by atoms with Crippen molar-refractivity contribution in [3.63, 3.8) is 0 Å². The maximum Gasteiger partial charge on any atom is 0.322 e. The Morgan fingerprint density at radius 2 is 0.793 bits per heavy atom. The lowest BCUT2D eigenvalue weighted by atomic mass is 9.70. The number of hydrogen-bond acceptors (Lipinski definition) is 15. The van der Waals surface area contributed by atoms with Gasteiger partial charge in [-0.25, -0.2) is 6.57 Å². The van der Waals surface area contributed by atoms with Crippen LogP contribution in [0.2, 0.25) is 0 Å². The number of benzene rings is 2. The van der Waals surface area contributed by atoms with Crippen LogP contribution < -0.4 is 18.9 Å². The van der Waals surface area contributed by atoms with Crippen LogP contribution in [-0.2, 0) is 28.7 Å². The summed E-state index contributed by atoms with van der Waals surface area (Å²) in [5, 5.41) is 10.6. The summed E-state index contributed by atoms with van der Waals surface area (Å²) in [5.74, 6) is -1.64. The molecule has 0 fully saturated rings. The van der Waals surface area contributed by atoms with E-state index in [1.165, 1.54) is 78.4 Å². The van der Waals surface area contributed by atoms with Gasteiger partial charge >= 0.3 is 23.9 Å². The lowest BCUT2D eigenvalue weighted by molar-refractivity contribution is -0.153. The Morgan fingerprint density at radius 1 is 0.467 bits per heavy atom. The second kappa shape index (κ2) is 45.3. The Hall–Kier alpha value is -5.06. The smallest absolute Gasteiger partial charge is 0.322 e. The van der Waals surface area contributed by atoms with Gasteiger partial charge in [-0.3, -0.25) is 29.2 Å². The zero-order valence-electron chi connectivity index (χ0n) is 59.8. The van der Waals surface area contributed by atoms with Gasteiger partial charge in [-0.05, 0) is 134 Å². The molecule has 0 bridgehead atoms. The van der Waals surface area contributed by atoms with Crippen LogP contribution in [0, 0.1) is 34.1 Å². The fourth-order valence-electron chi connectivity index (χ4n) is 11.9. The minimum atomic E-state index is -1.59. The molecule has 14 nitrogen and oxygen atoms in total. The number of carbonyl (C=O) groups is 4. The van der Waals surface area contributed by atoms with Crippen LogP contribution in [0.25, 0.3) is 4.85 Å². The number of hydrogen-bond donors (Lipinski definition) is 0. The molecule has 0 aliphatic heterocycles. The molecule has 0 saturated carbocycles. The first-order valence-electron chi connectivity index (χ1n) is 35.2. The molecule has 0 N–H and O–H groups in total. The molecule has 16 heteroatoms. The average Bonchev–Trinajstić information content (AvgIpc) is 0.788. The molecule has 0 spiro atoms. The highest BCUT2D eigenvalue weighted by Gasteiger charge is 2.55. The molecule has 0 aromatic heterocycles. The summed E-state index contributed by atoms with van der Waals surface area (Å²) >= 11 is 0.